The Hall–Kier alpha value is -2.23. The van der Waals surface area contributed by atoms with Crippen LogP contribution in [0, 0.1) is 11.6 Å². The summed E-state index contributed by atoms with van der Waals surface area (Å²) in [5.41, 5.74) is 0.409. The Morgan fingerprint density at radius 2 is 2.00 bits per heavy atom. The molecular weight excluding hydrogens is 404 g/mol. The molecule has 0 spiro atoms. The minimum absolute atomic E-state index is 0.0437. The van der Waals surface area contributed by atoms with Gasteiger partial charge in [-0.1, -0.05) is 12.1 Å². The highest BCUT2D eigenvalue weighted by atomic mass is 32.2. The van der Waals surface area contributed by atoms with E-state index in [4.69, 9.17) is 0 Å². The van der Waals surface area contributed by atoms with Crippen LogP contribution in [-0.2, 0) is 16.6 Å². The van der Waals surface area contributed by atoms with Crippen LogP contribution >= 0.6 is 11.8 Å². The Labute approximate surface area is 166 Å². The summed E-state index contributed by atoms with van der Waals surface area (Å²) in [6, 6.07) is 8.91. The maximum Gasteiger partial charge on any atom is 0.258 e. The van der Waals surface area contributed by atoms with E-state index in [9.17, 15) is 17.2 Å². The fraction of sp³-hybridized carbons (Fsp3) is 0.211. The first-order valence-corrected chi connectivity index (χ1v) is 11.2. The summed E-state index contributed by atoms with van der Waals surface area (Å²) in [6.45, 7) is 2.18. The number of nitrogens with zero attached hydrogens (tertiary/aromatic N) is 2. The Kier molecular flexibility index (Phi) is 6.17. The maximum atomic E-state index is 14.5. The first-order valence-electron chi connectivity index (χ1n) is 8.47. The van der Waals surface area contributed by atoms with Crippen molar-refractivity contribution in [2.24, 2.45) is 0 Å². The van der Waals surface area contributed by atoms with E-state index >= 15 is 0 Å². The second kappa shape index (κ2) is 8.42. The van der Waals surface area contributed by atoms with E-state index in [0.717, 1.165) is 23.1 Å². The first kappa shape index (κ1) is 20.5. The maximum absolute atomic E-state index is 14.5. The summed E-state index contributed by atoms with van der Waals surface area (Å²) in [5, 5.41) is -0.0437. The molecule has 3 aromatic rings. The Bertz CT molecular complexity index is 1080. The molecule has 2 aromatic carbocycles. The topological polar surface area (TPSA) is 64.0 Å². The molecule has 1 atom stereocenters. The van der Waals surface area contributed by atoms with Gasteiger partial charge in [-0.3, -0.25) is 0 Å². The number of sulfonamides is 1. The molecule has 0 amide bonds. The van der Waals surface area contributed by atoms with Crippen LogP contribution in [0.25, 0.3) is 0 Å². The number of benzene rings is 2. The van der Waals surface area contributed by atoms with E-state index in [1.807, 2.05) is 12.3 Å². The van der Waals surface area contributed by atoms with Gasteiger partial charge >= 0.3 is 0 Å². The van der Waals surface area contributed by atoms with Crippen LogP contribution in [0.15, 0.2) is 64.9 Å². The molecule has 3 rings (SSSR count). The number of thioether (sulfide) groups is 1. The van der Waals surface area contributed by atoms with Crippen molar-refractivity contribution in [3.63, 3.8) is 0 Å². The van der Waals surface area contributed by atoms with Gasteiger partial charge in [-0.15, -0.1) is 11.8 Å². The third-order valence-corrected chi connectivity index (χ3v) is 6.42. The van der Waals surface area contributed by atoms with Crippen molar-refractivity contribution >= 4 is 21.8 Å². The third-order valence-electron chi connectivity index (χ3n) is 4.26. The molecule has 0 aliphatic rings. The van der Waals surface area contributed by atoms with Crippen molar-refractivity contribution in [2.45, 2.75) is 29.4 Å². The largest absolute Gasteiger partial charge is 0.321 e. The van der Waals surface area contributed by atoms with E-state index < -0.39 is 27.7 Å². The third kappa shape index (κ3) is 4.26. The Balaban J connectivity index is 2.12. The van der Waals surface area contributed by atoms with Gasteiger partial charge in [0.2, 0.25) is 0 Å². The zero-order valence-corrected chi connectivity index (χ0v) is 16.9. The van der Waals surface area contributed by atoms with Gasteiger partial charge in [-0.2, -0.15) is 4.72 Å². The number of hydrogen-bond acceptors (Lipinski definition) is 4. The molecule has 0 radical (unpaired) electrons. The predicted molar refractivity (Wildman–Crippen MR) is 105 cm³/mol. The summed E-state index contributed by atoms with van der Waals surface area (Å²) >= 11 is 1.47. The molecule has 0 bridgehead atoms. The molecule has 5 nitrogen and oxygen atoms in total. The fourth-order valence-corrected chi connectivity index (χ4v) is 4.70. The van der Waals surface area contributed by atoms with Crippen LogP contribution in [0.5, 0.6) is 0 Å². The van der Waals surface area contributed by atoms with Crippen LogP contribution < -0.4 is 4.72 Å². The average Bonchev–Trinajstić information content (AvgIpc) is 3.18. The van der Waals surface area contributed by atoms with E-state index in [0.29, 0.717) is 12.1 Å². The average molecular weight is 424 g/mol. The zero-order chi connectivity index (χ0) is 20.3. The minimum Gasteiger partial charge on any atom is -0.321 e. The van der Waals surface area contributed by atoms with E-state index in [1.54, 1.807) is 25.1 Å². The van der Waals surface area contributed by atoms with Crippen LogP contribution in [-0.4, -0.2) is 24.2 Å². The summed E-state index contributed by atoms with van der Waals surface area (Å²) in [5.74, 6) is -1.35. The van der Waals surface area contributed by atoms with Crippen molar-refractivity contribution < 1.29 is 17.2 Å². The van der Waals surface area contributed by atoms with Gasteiger partial charge in [0.25, 0.3) is 10.0 Å². The summed E-state index contributed by atoms with van der Waals surface area (Å²) < 4.78 is 58.3. The lowest BCUT2D eigenvalue weighted by atomic mass is 9.99. The quantitative estimate of drug-likeness (QED) is 0.584. The molecule has 9 heteroatoms. The summed E-state index contributed by atoms with van der Waals surface area (Å²) in [6.07, 6.45) is 4.50. The van der Waals surface area contributed by atoms with Crippen LogP contribution in [0.4, 0.5) is 8.78 Å². The number of rotatable bonds is 7. The zero-order valence-electron chi connectivity index (χ0n) is 15.3. The lowest BCUT2D eigenvalue weighted by molar-refractivity contribution is 0.540. The molecule has 1 heterocycles. The van der Waals surface area contributed by atoms with Gasteiger partial charge in [-0.05, 0) is 49.1 Å². The van der Waals surface area contributed by atoms with Crippen LogP contribution in [0.1, 0.15) is 24.1 Å². The molecule has 1 aromatic heterocycles. The molecular formula is C19H19F2N3O2S2. The second-order valence-corrected chi connectivity index (χ2v) is 8.56. The predicted octanol–water partition coefficient (Wildman–Crippen LogP) is 3.97. The van der Waals surface area contributed by atoms with Gasteiger partial charge in [0.1, 0.15) is 11.6 Å². The van der Waals surface area contributed by atoms with E-state index in [-0.39, 0.29) is 10.6 Å². The monoisotopic (exact) mass is 423 g/mol. The molecule has 0 aliphatic heterocycles. The van der Waals surface area contributed by atoms with Crippen molar-refractivity contribution in [3.8, 4) is 0 Å². The minimum atomic E-state index is -4.05. The number of halogens is 2. The fourth-order valence-electron chi connectivity index (χ4n) is 2.85. The lowest BCUT2D eigenvalue weighted by Gasteiger charge is -2.21. The standard InChI is InChI=1S/C19H19F2N3O2S2/c1-3-24-12-22-11-18(24)28(25,26)23-19(13-5-4-6-15(9-13)27-2)16-10-14(20)7-8-17(16)21/h4-12,19,23H,3H2,1-2H3. The van der Waals surface area contributed by atoms with Crippen molar-refractivity contribution in [1.82, 2.24) is 14.3 Å². The SMILES string of the molecule is CCn1cncc1S(=O)(=O)NC(c1cccc(SC)c1)c1cc(F)ccc1F. The number of hydrogen-bond donors (Lipinski definition) is 1. The number of aromatic nitrogens is 2. The highest BCUT2D eigenvalue weighted by Crippen LogP contribution is 2.29. The van der Waals surface area contributed by atoms with Crippen LogP contribution in [0.3, 0.4) is 0 Å². The number of nitrogens with one attached hydrogen (secondary N) is 1. The normalized spacial score (nSPS) is 12.9. The van der Waals surface area contributed by atoms with Gasteiger partial charge in [-0.25, -0.2) is 22.2 Å². The molecule has 148 valence electrons. The Morgan fingerprint density at radius 1 is 1.21 bits per heavy atom. The number of aryl methyl sites for hydroxylation is 1. The molecule has 1 unspecified atom stereocenters. The van der Waals surface area contributed by atoms with E-state index in [2.05, 4.69) is 9.71 Å². The number of imidazole rings is 1. The Morgan fingerprint density at radius 3 is 2.71 bits per heavy atom. The van der Waals surface area contributed by atoms with Gasteiger partial charge < -0.3 is 4.57 Å². The van der Waals surface area contributed by atoms with E-state index in [1.165, 1.54) is 28.9 Å². The first-order chi connectivity index (χ1) is 13.4. The van der Waals surface area contributed by atoms with Crippen molar-refractivity contribution in [2.75, 3.05) is 6.26 Å². The molecule has 1 N–H and O–H groups in total. The van der Waals surface area contributed by atoms with Gasteiger partial charge in [0.05, 0.1) is 18.6 Å². The smallest absolute Gasteiger partial charge is 0.258 e. The molecule has 0 fully saturated rings. The summed E-state index contributed by atoms with van der Waals surface area (Å²) in [7, 11) is -4.05. The summed E-state index contributed by atoms with van der Waals surface area (Å²) in [4.78, 5) is 4.75. The molecule has 0 saturated heterocycles. The molecule has 0 saturated carbocycles. The second-order valence-electron chi connectivity index (χ2n) is 6.01. The highest BCUT2D eigenvalue weighted by molar-refractivity contribution is 7.98. The van der Waals surface area contributed by atoms with Crippen molar-refractivity contribution in [1.29, 1.82) is 0 Å². The lowest BCUT2D eigenvalue weighted by Crippen LogP contribution is -2.31. The van der Waals surface area contributed by atoms with Gasteiger partial charge in [0.15, 0.2) is 5.03 Å². The highest BCUT2D eigenvalue weighted by Gasteiger charge is 2.27. The van der Waals surface area contributed by atoms with Crippen LogP contribution in [0.2, 0.25) is 0 Å². The van der Waals surface area contributed by atoms with Crippen molar-refractivity contribution in [3.05, 3.63) is 77.8 Å². The molecule has 0 aliphatic carbocycles. The van der Waals surface area contributed by atoms with Gasteiger partial charge in [0, 0.05) is 17.0 Å². The molecule has 28 heavy (non-hydrogen) atoms.